The van der Waals surface area contributed by atoms with Gasteiger partial charge in [-0.1, -0.05) is 18.2 Å². The first-order chi connectivity index (χ1) is 9.15. The molecule has 5 nitrogen and oxygen atoms in total. The summed E-state index contributed by atoms with van der Waals surface area (Å²) >= 11 is 0. The van der Waals surface area contributed by atoms with Gasteiger partial charge in [-0.15, -0.1) is 0 Å². The highest BCUT2D eigenvalue weighted by molar-refractivity contribution is 6.03. The standard InChI is InChI=1S/C14H16N4O/c15-13(16)11-7-9-3-1-2-4-12(9)17-14(11)18-6-5-10(19)8-18/h1-4,7,10,19H,5-6,8H2,(H3,15,16). The fourth-order valence-corrected chi connectivity index (χ4v) is 2.48. The molecule has 4 N–H and O–H groups in total. The zero-order valence-corrected chi connectivity index (χ0v) is 10.5. The van der Waals surface area contributed by atoms with E-state index in [2.05, 4.69) is 4.98 Å². The third-order valence-corrected chi connectivity index (χ3v) is 3.46. The molecule has 1 aromatic heterocycles. The Kier molecular flexibility index (Phi) is 2.83. The van der Waals surface area contributed by atoms with E-state index in [1.807, 2.05) is 35.2 Å². The number of rotatable bonds is 2. The molecule has 1 fully saturated rings. The van der Waals surface area contributed by atoms with Crippen molar-refractivity contribution in [3.05, 3.63) is 35.9 Å². The van der Waals surface area contributed by atoms with Gasteiger partial charge in [0.1, 0.15) is 11.7 Å². The van der Waals surface area contributed by atoms with Gasteiger partial charge in [0.05, 0.1) is 17.2 Å². The van der Waals surface area contributed by atoms with E-state index < -0.39 is 0 Å². The van der Waals surface area contributed by atoms with Crippen LogP contribution in [0.2, 0.25) is 0 Å². The molecule has 2 heterocycles. The number of para-hydroxylation sites is 1. The topological polar surface area (TPSA) is 86.2 Å². The maximum absolute atomic E-state index is 9.65. The van der Waals surface area contributed by atoms with Gasteiger partial charge in [-0.05, 0) is 18.6 Å². The average Bonchev–Trinajstić information content (AvgIpc) is 2.83. The van der Waals surface area contributed by atoms with Crippen LogP contribution in [-0.4, -0.2) is 35.1 Å². The monoisotopic (exact) mass is 256 g/mol. The van der Waals surface area contributed by atoms with Crippen LogP contribution in [0, 0.1) is 5.41 Å². The van der Waals surface area contributed by atoms with Gasteiger partial charge >= 0.3 is 0 Å². The van der Waals surface area contributed by atoms with Crippen LogP contribution < -0.4 is 10.6 Å². The van der Waals surface area contributed by atoms with E-state index in [1.54, 1.807) is 0 Å². The maximum Gasteiger partial charge on any atom is 0.140 e. The maximum atomic E-state index is 9.65. The van der Waals surface area contributed by atoms with Crippen LogP contribution in [0.1, 0.15) is 12.0 Å². The first kappa shape index (κ1) is 11.9. The summed E-state index contributed by atoms with van der Waals surface area (Å²) in [6.07, 6.45) is 0.402. The van der Waals surface area contributed by atoms with Gasteiger partial charge in [0.25, 0.3) is 0 Å². The molecule has 0 spiro atoms. The zero-order valence-electron chi connectivity index (χ0n) is 10.5. The van der Waals surface area contributed by atoms with Crippen LogP contribution in [0.25, 0.3) is 10.9 Å². The van der Waals surface area contributed by atoms with E-state index in [9.17, 15) is 5.11 Å². The number of nitrogen functional groups attached to an aromatic ring is 1. The normalized spacial score (nSPS) is 19.0. The molecule has 0 radical (unpaired) electrons. The lowest BCUT2D eigenvalue weighted by molar-refractivity contribution is 0.198. The zero-order chi connectivity index (χ0) is 13.4. The Labute approximate surface area is 111 Å². The van der Waals surface area contributed by atoms with Crippen LogP contribution in [-0.2, 0) is 0 Å². The van der Waals surface area contributed by atoms with Crippen molar-refractivity contribution in [2.24, 2.45) is 5.73 Å². The Morgan fingerprint density at radius 1 is 1.42 bits per heavy atom. The molecule has 0 saturated carbocycles. The number of aromatic nitrogens is 1. The number of hydrogen-bond acceptors (Lipinski definition) is 4. The first-order valence-corrected chi connectivity index (χ1v) is 6.32. The summed E-state index contributed by atoms with van der Waals surface area (Å²) in [6.45, 7) is 1.29. The summed E-state index contributed by atoms with van der Waals surface area (Å²) < 4.78 is 0. The number of aliphatic hydroxyl groups excluding tert-OH is 1. The molecule has 1 atom stereocenters. The minimum absolute atomic E-state index is 0.00893. The fraction of sp³-hybridized carbons (Fsp3) is 0.286. The Morgan fingerprint density at radius 2 is 2.21 bits per heavy atom. The molecule has 1 saturated heterocycles. The number of hydrogen-bond donors (Lipinski definition) is 3. The van der Waals surface area contributed by atoms with Crippen molar-refractivity contribution in [2.75, 3.05) is 18.0 Å². The molecule has 1 aliphatic heterocycles. The number of pyridine rings is 1. The van der Waals surface area contributed by atoms with Crippen LogP contribution in [0.4, 0.5) is 5.82 Å². The Hall–Kier alpha value is -2.14. The number of fused-ring (bicyclic) bond motifs is 1. The Balaban J connectivity index is 2.15. The minimum atomic E-state index is -0.326. The lowest BCUT2D eigenvalue weighted by Gasteiger charge is -2.20. The van der Waals surface area contributed by atoms with E-state index in [4.69, 9.17) is 11.1 Å². The second-order valence-electron chi connectivity index (χ2n) is 4.85. The first-order valence-electron chi connectivity index (χ1n) is 6.32. The molecule has 0 aliphatic carbocycles. The highest BCUT2D eigenvalue weighted by Gasteiger charge is 2.24. The second kappa shape index (κ2) is 4.51. The predicted molar refractivity (Wildman–Crippen MR) is 75.6 cm³/mol. The number of nitrogens with two attached hydrogens (primary N) is 1. The molecule has 0 amide bonds. The van der Waals surface area contributed by atoms with E-state index in [0.29, 0.717) is 17.9 Å². The van der Waals surface area contributed by atoms with Gasteiger partial charge in [0.2, 0.25) is 0 Å². The van der Waals surface area contributed by atoms with Gasteiger partial charge < -0.3 is 15.7 Å². The summed E-state index contributed by atoms with van der Waals surface area (Å²) in [7, 11) is 0. The van der Waals surface area contributed by atoms with Gasteiger partial charge in [-0.25, -0.2) is 4.98 Å². The molecule has 1 aromatic carbocycles. The number of benzene rings is 1. The van der Waals surface area contributed by atoms with E-state index in [0.717, 1.165) is 23.9 Å². The quantitative estimate of drug-likeness (QED) is 0.554. The van der Waals surface area contributed by atoms with Crippen LogP contribution in [0.3, 0.4) is 0 Å². The van der Waals surface area contributed by atoms with Crippen molar-refractivity contribution in [1.29, 1.82) is 5.41 Å². The third-order valence-electron chi connectivity index (χ3n) is 3.46. The molecule has 1 aliphatic rings. The summed E-state index contributed by atoms with van der Waals surface area (Å²) in [4.78, 5) is 6.60. The highest BCUT2D eigenvalue weighted by Crippen LogP contribution is 2.26. The van der Waals surface area contributed by atoms with E-state index >= 15 is 0 Å². The third kappa shape index (κ3) is 2.13. The van der Waals surface area contributed by atoms with Gasteiger partial charge in [-0.2, -0.15) is 0 Å². The van der Waals surface area contributed by atoms with Crippen LogP contribution >= 0.6 is 0 Å². The highest BCUT2D eigenvalue weighted by atomic mass is 16.3. The molecule has 2 aromatic rings. The number of β-amino-alcohol motifs (C(OH)–C–C–N with tert-alkyl or cyclic N) is 1. The van der Waals surface area contributed by atoms with Crippen molar-refractivity contribution in [3.8, 4) is 0 Å². The number of amidine groups is 1. The minimum Gasteiger partial charge on any atom is -0.391 e. The molecule has 19 heavy (non-hydrogen) atoms. The van der Waals surface area contributed by atoms with Crippen molar-refractivity contribution in [2.45, 2.75) is 12.5 Å². The van der Waals surface area contributed by atoms with Crippen molar-refractivity contribution in [3.63, 3.8) is 0 Å². The molecule has 98 valence electrons. The number of aliphatic hydroxyl groups is 1. The molecular weight excluding hydrogens is 240 g/mol. The lowest BCUT2D eigenvalue weighted by Crippen LogP contribution is -2.26. The molecular formula is C14H16N4O. The Bertz CT molecular complexity index is 640. The molecule has 0 bridgehead atoms. The molecule has 5 heteroatoms. The van der Waals surface area contributed by atoms with Gasteiger partial charge in [0.15, 0.2) is 0 Å². The van der Waals surface area contributed by atoms with Crippen LogP contribution in [0.15, 0.2) is 30.3 Å². The van der Waals surface area contributed by atoms with Crippen molar-refractivity contribution in [1.82, 2.24) is 4.98 Å². The summed E-state index contributed by atoms with van der Waals surface area (Å²) in [5.74, 6) is 0.706. The number of nitrogens with one attached hydrogen (secondary N) is 1. The SMILES string of the molecule is N=C(N)c1cc2ccccc2nc1N1CCC(O)C1. The smallest absolute Gasteiger partial charge is 0.140 e. The van der Waals surface area contributed by atoms with Crippen LogP contribution in [0.5, 0.6) is 0 Å². The van der Waals surface area contributed by atoms with E-state index in [1.165, 1.54) is 0 Å². The largest absolute Gasteiger partial charge is 0.391 e. The fourth-order valence-electron chi connectivity index (χ4n) is 2.48. The molecule has 3 rings (SSSR count). The second-order valence-corrected chi connectivity index (χ2v) is 4.85. The average molecular weight is 256 g/mol. The van der Waals surface area contributed by atoms with Crippen molar-refractivity contribution >= 4 is 22.6 Å². The summed E-state index contributed by atoms with van der Waals surface area (Å²) in [5.41, 5.74) is 7.17. The van der Waals surface area contributed by atoms with Gasteiger partial charge in [0, 0.05) is 18.5 Å². The predicted octanol–water partition coefficient (Wildman–Crippen LogP) is 1.09. The lowest BCUT2D eigenvalue weighted by atomic mass is 10.1. The summed E-state index contributed by atoms with van der Waals surface area (Å²) in [6, 6.07) is 9.66. The number of anilines is 1. The Morgan fingerprint density at radius 3 is 2.89 bits per heavy atom. The van der Waals surface area contributed by atoms with Crippen molar-refractivity contribution < 1.29 is 5.11 Å². The van der Waals surface area contributed by atoms with E-state index in [-0.39, 0.29) is 11.9 Å². The summed E-state index contributed by atoms with van der Waals surface area (Å²) in [5, 5.41) is 18.3. The molecule has 1 unspecified atom stereocenters. The number of nitrogens with zero attached hydrogens (tertiary/aromatic N) is 2. The van der Waals surface area contributed by atoms with Gasteiger partial charge in [-0.3, -0.25) is 5.41 Å².